The van der Waals surface area contributed by atoms with E-state index in [0.29, 0.717) is 5.56 Å². The fraction of sp³-hybridized carbons (Fsp3) is 0.250. The number of carbonyl (C=O) groups is 1. The predicted octanol–water partition coefficient (Wildman–Crippen LogP) is 2.65. The molecule has 0 unspecified atom stereocenters. The number of rotatable bonds is 2. The summed E-state index contributed by atoms with van der Waals surface area (Å²) in [7, 11) is 0. The number of hydrogen-bond donors (Lipinski definition) is 0. The van der Waals surface area contributed by atoms with Crippen LogP contribution in [0, 0.1) is 11.8 Å². The highest BCUT2D eigenvalue weighted by atomic mass is 16.1. The average molecular weight is 172 g/mol. The van der Waals surface area contributed by atoms with E-state index >= 15 is 0 Å². The summed E-state index contributed by atoms with van der Waals surface area (Å²) in [5, 5.41) is 0. The quantitative estimate of drug-likeness (QED) is 0.495. The highest BCUT2D eigenvalue weighted by Gasteiger charge is 1.94. The maximum atomic E-state index is 10.6. The van der Waals surface area contributed by atoms with E-state index in [2.05, 4.69) is 18.8 Å². The van der Waals surface area contributed by atoms with E-state index in [1.54, 1.807) is 6.07 Å². The van der Waals surface area contributed by atoms with Gasteiger partial charge in [-0.25, -0.2) is 0 Å². The summed E-state index contributed by atoms with van der Waals surface area (Å²) in [5.74, 6) is 6.00. The van der Waals surface area contributed by atoms with Gasteiger partial charge in [-0.15, -0.1) is 0 Å². The van der Waals surface area contributed by atoms with Crippen molar-refractivity contribution in [3.05, 3.63) is 35.4 Å². The molecular formula is C12H12O. The first kappa shape index (κ1) is 9.54. The Labute approximate surface area is 78.8 Å². The number of unbranched alkanes of at least 4 members (excludes halogenated alkanes) is 1. The second-order valence-electron chi connectivity index (χ2n) is 2.76. The van der Waals surface area contributed by atoms with E-state index in [1.165, 1.54) is 0 Å². The van der Waals surface area contributed by atoms with E-state index in [1.807, 2.05) is 18.2 Å². The topological polar surface area (TPSA) is 17.1 Å². The van der Waals surface area contributed by atoms with Crippen molar-refractivity contribution in [1.82, 2.24) is 0 Å². The molecule has 0 saturated carbocycles. The molecule has 0 amide bonds. The minimum Gasteiger partial charge on any atom is -0.298 e. The molecule has 1 heteroatoms. The van der Waals surface area contributed by atoms with Crippen LogP contribution in [0.3, 0.4) is 0 Å². The Kier molecular flexibility index (Phi) is 3.78. The van der Waals surface area contributed by atoms with Crippen molar-refractivity contribution >= 4 is 6.29 Å². The van der Waals surface area contributed by atoms with E-state index in [-0.39, 0.29) is 0 Å². The van der Waals surface area contributed by atoms with Crippen LogP contribution in [0.4, 0.5) is 0 Å². The molecule has 0 atom stereocenters. The highest BCUT2D eigenvalue weighted by molar-refractivity contribution is 5.79. The van der Waals surface area contributed by atoms with Crippen LogP contribution < -0.4 is 0 Å². The molecule has 13 heavy (non-hydrogen) atoms. The number of carbonyl (C=O) groups excluding carboxylic acids is 1. The second kappa shape index (κ2) is 5.16. The van der Waals surface area contributed by atoms with Crippen molar-refractivity contribution < 1.29 is 4.79 Å². The van der Waals surface area contributed by atoms with Crippen LogP contribution in [0.15, 0.2) is 24.3 Å². The van der Waals surface area contributed by atoms with Gasteiger partial charge in [0.25, 0.3) is 0 Å². The van der Waals surface area contributed by atoms with Crippen LogP contribution in [0.25, 0.3) is 0 Å². The van der Waals surface area contributed by atoms with Crippen LogP contribution in [0.1, 0.15) is 35.7 Å². The van der Waals surface area contributed by atoms with Crippen molar-refractivity contribution in [1.29, 1.82) is 0 Å². The lowest BCUT2D eigenvalue weighted by Crippen LogP contribution is -1.85. The Bertz CT molecular complexity index is 342. The fourth-order valence-electron chi connectivity index (χ4n) is 0.996. The largest absolute Gasteiger partial charge is 0.298 e. The van der Waals surface area contributed by atoms with Gasteiger partial charge in [-0.3, -0.25) is 4.79 Å². The molecule has 0 saturated heterocycles. The minimum absolute atomic E-state index is 0.672. The molecule has 66 valence electrons. The van der Waals surface area contributed by atoms with Gasteiger partial charge in [0.1, 0.15) is 0 Å². The van der Waals surface area contributed by atoms with E-state index in [9.17, 15) is 4.79 Å². The van der Waals surface area contributed by atoms with Gasteiger partial charge < -0.3 is 0 Å². The Hall–Kier alpha value is -1.55. The summed E-state index contributed by atoms with van der Waals surface area (Å²) in [6.45, 7) is 2.08. The van der Waals surface area contributed by atoms with Gasteiger partial charge in [0.05, 0.1) is 0 Å². The molecular weight excluding hydrogens is 160 g/mol. The molecule has 0 spiro atoms. The van der Waals surface area contributed by atoms with Gasteiger partial charge in [0.15, 0.2) is 6.29 Å². The molecule has 1 nitrogen and oxygen atoms in total. The minimum atomic E-state index is 0.672. The summed E-state index contributed by atoms with van der Waals surface area (Å²) >= 11 is 0. The summed E-state index contributed by atoms with van der Waals surface area (Å²) in [5.41, 5.74) is 1.50. The maximum Gasteiger partial charge on any atom is 0.151 e. The first-order chi connectivity index (χ1) is 6.38. The van der Waals surface area contributed by atoms with Crippen LogP contribution in [-0.4, -0.2) is 6.29 Å². The zero-order valence-electron chi connectivity index (χ0n) is 7.71. The molecule has 0 aliphatic carbocycles. The normalized spacial score (nSPS) is 8.69. The third-order valence-electron chi connectivity index (χ3n) is 1.69. The van der Waals surface area contributed by atoms with Crippen LogP contribution in [-0.2, 0) is 0 Å². The van der Waals surface area contributed by atoms with Crippen molar-refractivity contribution in [2.45, 2.75) is 19.8 Å². The molecule has 1 aromatic rings. The Balaban J connectivity index is 2.88. The lowest BCUT2D eigenvalue weighted by molar-refractivity contribution is 0.112. The van der Waals surface area contributed by atoms with Crippen molar-refractivity contribution in [2.24, 2.45) is 0 Å². The third kappa shape index (κ3) is 2.76. The summed E-state index contributed by atoms with van der Waals surface area (Å²) in [4.78, 5) is 10.6. The average Bonchev–Trinajstić information content (AvgIpc) is 2.19. The van der Waals surface area contributed by atoms with Crippen molar-refractivity contribution in [3.63, 3.8) is 0 Å². The Morgan fingerprint density at radius 2 is 2.15 bits per heavy atom. The van der Waals surface area contributed by atoms with Gasteiger partial charge >= 0.3 is 0 Å². The lowest BCUT2D eigenvalue weighted by atomic mass is 10.1. The molecule has 1 aromatic carbocycles. The van der Waals surface area contributed by atoms with Gasteiger partial charge in [0, 0.05) is 17.5 Å². The van der Waals surface area contributed by atoms with Crippen LogP contribution >= 0.6 is 0 Å². The third-order valence-corrected chi connectivity index (χ3v) is 1.69. The van der Waals surface area contributed by atoms with E-state index in [4.69, 9.17) is 0 Å². The summed E-state index contributed by atoms with van der Waals surface area (Å²) < 4.78 is 0. The van der Waals surface area contributed by atoms with E-state index < -0.39 is 0 Å². The van der Waals surface area contributed by atoms with Gasteiger partial charge in [-0.1, -0.05) is 37.0 Å². The number of hydrogen-bond acceptors (Lipinski definition) is 1. The summed E-state index contributed by atoms with van der Waals surface area (Å²) in [6.07, 6.45) is 2.78. The van der Waals surface area contributed by atoms with Crippen molar-refractivity contribution in [2.75, 3.05) is 0 Å². The molecule has 0 aromatic heterocycles. The SMILES string of the molecule is CCCC#Cc1ccccc1C=O. The van der Waals surface area contributed by atoms with Gasteiger partial charge in [0.2, 0.25) is 0 Å². The molecule has 0 heterocycles. The fourth-order valence-corrected chi connectivity index (χ4v) is 0.996. The first-order valence-corrected chi connectivity index (χ1v) is 4.41. The van der Waals surface area contributed by atoms with Gasteiger partial charge in [-0.05, 0) is 12.5 Å². The van der Waals surface area contributed by atoms with Crippen LogP contribution in [0.2, 0.25) is 0 Å². The number of aldehydes is 1. The molecule has 1 rings (SSSR count). The second-order valence-corrected chi connectivity index (χ2v) is 2.76. The first-order valence-electron chi connectivity index (χ1n) is 4.41. The molecule has 0 N–H and O–H groups in total. The highest BCUT2D eigenvalue weighted by Crippen LogP contribution is 2.03. The molecule has 0 aliphatic heterocycles. The van der Waals surface area contributed by atoms with Gasteiger partial charge in [-0.2, -0.15) is 0 Å². The number of benzene rings is 1. The lowest BCUT2D eigenvalue weighted by Gasteiger charge is -1.93. The predicted molar refractivity (Wildman–Crippen MR) is 53.6 cm³/mol. The zero-order valence-corrected chi connectivity index (χ0v) is 7.71. The molecule has 0 radical (unpaired) electrons. The van der Waals surface area contributed by atoms with Crippen LogP contribution in [0.5, 0.6) is 0 Å². The smallest absolute Gasteiger partial charge is 0.151 e. The maximum absolute atomic E-state index is 10.6. The standard InChI is InChI=1S/C12H12O/c1-2-3-4-7-11-8-5-6-9-12(11)10-13/h5-6,8-10H,2-3H2,1H3. The zero-order chi connectivity index (χ0) is 9.52. The monoisotopic (exact) mass is 172 g/mol. The molecule has 0 fully saturated rings. The molecule has 0 bridgehead atoms. The Morgan fingerprint density at radius 3 is 2.85 bits per heavy atom. The van der Waals surface area contributed by atoms with Crippen molar-refractivity contribution in [3.8, 4) is 11.8 Å². The summed E-state index contributed by atoms with van der Waals surface area (Å²) in [6, 6.07) is 7.38. The molecule has 0 aliphatic rings. The van der Waals surface area contributed by atoms with E-state index in [0.717, 1.165) is 24.7 Å². The Morgan fingerprint density at radius 1 is 1.38 bits per heavy atom.